The Morgan fingerprint density at radius 1 is 1.55 bits per heavy atom. The van der Waals surface area contributed by atoms with Crippen molar-refractivity contribution < 1.29 is 25.4 Å². The van der Waals surface area contributed by atoms with E-state index in [1.165, 1.54) is 0 Å². The monoisotopic (exact) mass is 308 g/mol. The molecule has 0 saturated heterocycles. The number of Topliss-reactive ketones (excluding diaryl/α,β-unsaturated/α-hetero) is 1. The summed E-state index contributed by atoms with van der Waals surface area (Å²) in [6.45, 7) is -9.40. The van der Waals surface area contributed by atoms with E-state index in [0.29, 0.717) is 4.57 Å². The fourth-order valence-electron chi connectivity index (χ4n) is 2.59. The van der Waals surface area contributed by atoms with Crippen molar-refractivity contribution in [2.45, 2.75) is 26.2 Å². The number of carbonyl (C=O) groups is 1. The van der Waals surface area contributed by atoms with Gasteiger partial charge in [0.1, 0.15) is 5.82 Å². The zero-order valence-electron chi connectivity index (χ0n) is 26.2. The maximum Gasteiger partial charge on any atom is 0.170 e. The quantitative estimate of drug-likeness (QED) is 0.729. The fraction of sp³-hybridized carbons (Fsp3) is 0.333. The Bertz CT molecular complexity index is 1480. The lowest BCUT2D eigenvalue weighted by atomic mass is 9.85. The van der Waals surface area contributed by atoms with Crippen LogP contribution in [0.25, 0.3) is 10.9 Å². The fourth-order valence-corrected chi connectivity index (χ4v) is 2.59. The van der Waals surface area contributed by atoms with Gasteiger partial charge in [-0.15, -0.1) is 0 Å². The number of rotatable bonds is 2. The summed E-state index contributed by atoms with van der Waals surface area (Å²) in [5.41, 5.74) is -1.33. The van der Waals surface area contributed by atoms with E-state index in [0.717, 1.165) is 0 Å². The Hall–Kier alpha value is -2.36. The van der Waals surface area contributed by atoms with E-state index < -0.39 is 104 Å². The lowest BCUT2D eigenvalue weighted by molar-refractivity contribution is 0.0888. The number of benzene rings is 1. The Morgan fingerprint density at radius 2 is 2.45 bits per heavy atom. The van der Waals surface area contributed by atoms with Gasteiger partial charge in [-0.1, -0.05) is 18.1 Å². The zero-order valence-corrected chi connectivity index (χ0v) is 11.2. The third kappa shape index (κ3) is 1.83. The van der Waals surface area contributed by atoms with Gasteiger partial charge in [-0.3, -0.25) is 4.79 Å². The summed E-state index contributed by atoms with van der Waals surface area (Å²) in [5.74, 6) is -5.26. The van der Waals surface area contributed by atoms with Crippen molar-refractivity contribution in [1.29, 1.82) is 0 Å². The number of hydrogen-bond donors (Lipinski definition) is 0. The minimum atomic E-state index is -3.28. The van der Waals surface area contributed by atoms with Gasteiger partial charge < -0.3 is 9.13 Å². The number of fused-ring (bicyclic) bond motifs is 3. The number of aromatic nitrogens is 3. The normalized spacial score (nSPS) is 32.9. The van der Waals surface area contributed by atoms with Gasteiger partial charge in [0.05, 0.1) is 11.0 Å². The molecule has 0 amide bonds. The van der Waals surface area contributed by atoms with E-state index in [9.17, 15) is 4.79 Å². The van der Waals surface area contributed by atoms with Crippen LogP contribution in [0.2, 0.25) is 0 Å². The highest BCUT2D eigenvalue weighted by atomic mass is 16.1. The first-order chi connectivity index (χ1) is 16.7. The summed E-state index contributed by atoms with van der Waals surface area (Å²) >= 11 is 0. The van der Waals surface area contributed by atoms with Gasteiger partial charge in [0.15, 0.2) is 5.78 Å². The first kappa shape index (κ1) is 4.82. The van der Waals surface area contributed by atoms with Crippen molar-refractivity contribution in [2.24, 2.45) is 12.9 Å². The van der Waals surface area contributed by atoms with Gasteiger partial charge >= 0.3 is 0 Å². The molecule has 3 aromatic rings. The van der Waals surface area contributed by atoms with Crippen molar-refractivity contribution in [3.8, 4) is 0 Å². The number of ketones is 1. The summed E-state index contributed by atoms with van der Waals surface area (Å²) in [7, 11) is 0. The topological polar surface area (TPSA) is 39.8 Å². The number of nitrogens with zero attached hydrogens (tertiary/aromatic N) is 3. The molecule has 4 rings (SSSR count). The van der Waals surface area contributed by atoms with Gasteiger partial charge in [0, 0.05) is 63.5 Å². The smallest absolute Gasteiger partial charge is 0.170 e. The van der Waals surface area contributed by atoms with Crippen LogP contribution in [0.3, 0.4) is 0 Å². The van der Waals surface area contributed by atoms with Crippen LogP contribution in [0.15, 0.2) is 36.5 Å². The van der Waals surface area contributed by atoms with Crippen LogP contribution in [0.5, 0.6) is 0 Å². The maximum atomic E-state index is 13.9. The van der Waals surface area contributed by atoms with E-state index in [2.05, 4.69) is 4.98 Å². The summed E-state index contributed by atoms with van der Waals surface area (Å²) in [6.07, 6.45) is -3.01. The molecular formula is C18H19N3O. The van der Waals surface area contributed by atoms with Gasteiger partial charge in [0.2, 0.25) is 0 Å². The minimum Gasteiger partial charge on any atom is -0.347 e. The standard InChI is InChI=1S/C18H19N3O/c1-12-19-9-10-21(12)11-13-7-8-16-17(18(13)22)14-5-3-4-6-15(14)20(16)2/h3-6,9-10,13H,7-8,11H2,1-2H3/i1D3,2D3,3D,4D,5D,6D,9D,10D,11D2,13D. The second-order valence-electron chi connectivity index (χ2n) is 4.79. The largest absolute Gasteiger partial charge is 0.347 e. The molecule has 1 aliphatic carbocycles. The van der Waals surface area contributed by atoms with Crippen LogP contribution in [-0.4, -0.2) is 19.9 Å². The van der Waals surface area contributed by atoms with Gasteiger partial charge in [-0.25, -0.2) is 4.98 Å². The lowest BCUT2D eigenvalue weighted by Gasteiger charge is -2.23. The molecule has 1 atom stereocenters. The Labute approximate surface area is 150 Å². The predicted molar refractivity (Wildman–Crippen MR) is 86.0 cm³/mol. The molecule has 2 heterocycles. The Morgan fingerprint density at radius 3 is 3.32 bits per heavy atom. The molecule has 0 saturated carbocycles. The van der Waals surface area contributed by atoms with Crippen LogP contribution in [0.1, 0.15) is 48.9 Å². The second-order valence-corrected chi connectivity index (χ2v) is 4.79. The van der Waals surface area contributed by atoms with E-state index in [-0.39, 0.29) is 10.3 Å². The summed E-state index contributed by atoms with van der Waals surface area (Å²) in [6, 6.07) is -3.01. The molecule has 0 aliphatic heterocycles. The van der Waals surface area contributed by atoms with Crippen LogP contribution in [0.4, 0.5) is 0 Å². The third-order valence-corrected chi connectivity index (χ3v) is 3.59. The highest BCUT2D eigenvalue weighted by molar-refractivity contribution is 6.11. The van der Waals surface area contributed by atoms with Gasteiger partial charge in [-0.05, 0) is 25.7 Å². The van der Waals surface area contributed by atoms with E-state index >= 15 is 0 Å². The van der Waals surface area contributed by atoms with Crippen LogP contribution < -0.4 is 0 Å². The molecule has 112 valence electrons. The van der Waals surface area contributed by atoms with Crippen LogP contribution in [0, 0.1) is 12.7 Å². The number of hydrogen-bond acceptors (Lipinski definition) is 2. The summed E-state index contributed by atoms with van der Waals surface area (Å²) in [5, 5.41) is -0.497. The van der Waals surface area contributed by atoms with Crippen molar-refractivity contribution in [3.05, 3.63) is 53.6 Å². The highest BCUT2D eigenvalue weighted by Crippen LogP contribution is 2.34. The predicted octanol–water partition coefficient (Wildman–Crippen LogP) is 3.13. The molecule has 0 bridgehead atoms. The van der Waals surface area contributed by atoms with Crippen molar-refractivity contribution in [2.75, 3.05) is 0 Å². The van der Waals surface area contributed by atoms with Gasteiger partial charge in [0.25, 0.3) is 0 Å². The molecule has 0 fully saturated rings. The SMILES string of the molecule is [2H]c1nc(C([2H])([2H])[2H])n(C([2H])([2H])C2([2H])CCc3c(c4c([2H])c([2H])c([2H])c([2H])c4n3C([2H])([2H])[2H])C2=O)c1[2H]. The molecule has 0 spiro atoms. The molecule has 1 aromatic carbocycles. The average Bonchev–Trinajstić information content (AvgIpc) is 3.29. The van der Waals surface area contributed by atoms with E-state index in [1.807, 2.05) is 0 Å². The van der Waals surface area contributed by atoms with Crippen LogP contribution in [-0.2, 0) is 19.9 Å². The van der Waals surface area contributed by atoms with Crippen molar-refractivity contribution in [3.63, 3.8) is 0 Å². The number of imidazole rings is 1. The van der Waals surface area contributed by atoms with Gasteiger partial charge in [-0.2, -0.15) is 0 Å². The number of carbonyl (C=O) groups excluding carboxylic acids is 1. The zero-order chi connectivity index (χ0) is 28.2. The molecule has 1 unspecified atom stereocenters. The lowest BCUT2D eigenvalue weighted by Crippen LogP contribution is -2.27. The van der Waals surface area contributed by atoms with Crippen molar-refractivity contribution >= 4 is 16.7 Å². The maximum absolute atomic E-state index is 13.9. The Kier molecular flexibility index (Phi) is 1.06. The average molecular weight is 308 g/mol. The molecule has 2 aromatic heterocycles. The molecular weight excluding hydrogens is 274 g/mol. The minimum absolute atomic E-state index is 0.191. The summed E-state index contributed by atoms with van der Waals surface area (Å²) in [4.78, 5) is 17.3. The highest BCUT2D eigenvalue weighted by Gasteiger charge is 2.32. The van der Waals surface area contributed by atoms with Crippen molar-refractivity contribution in [1.82, 2.24) is 14.1 Å². The Balaban J connectivity index is 2.08. The van der Waals surface area contributed by atoms with E-state index in [1.54, 1.807) is 0 Å². The van der Waals surface area contributed by atoms with Crippen LogP contribution >= 0.6 is 0 Å². The molecule has 4 nitrogen and oxygen atoms in total. The number of aryl methyl sites for hydroxylation is 2. The first-order valence-corrected chi connectivity index (χ1v) is 6.45. The van der Waals surface area contributed by atoms with E-state index in [4.69, 9.17) is 20.6 Å². The molecule has 0 radical (unpaired) electrons. The number of para-hydroxylation sites is 1. The molecule has 4 heteroatoms. The molecule has 22 heavy (non-hydrogen) atoms. The molecule has 0 N–H and O–H groups in total. The summed E-state index contributed by atoms with van der Waals surface area (Å²) < 4.78 is 122. The third-order valence-electron chi connectivity index (χ3n) is 3.59. The second kappa shape index (κ2) is 4.83. The molecule has 1 aliphatic rings. The first-order valence-electron chi connectivity index (χ1n) is 14.0.